The van der Waals surface area contributed by atoms with Crippen LogP contribution in [-0.4, -0.2) is 11.7 Å². The van der Waals surface area contributed by atoms with Crippen LogP contribution in [0.1, 0.15) is 33.4 Å². The van der Waals surface area contributed by atoms with Crippen LogP contribution < -0.4 is 5.32 Å². The summed E-state index contributed by atoms with van der Waals surface area (Å²) in [5.41, 5.74) is 2.48. The number of ketones is 1. The lowest BCUT2D eigenvalue weighted by atomic mass is 10.1. The number of aryl methyl sites for hydroxylation is 1. The van der Waals surface area contributed by atoms with E-state index in [9.17, 15) is 9.59 Å². The first-order chi connectivity index (χ1) is 11.9. The molecule has 126 valence electrons. The van der Waals surface area contributed by atoms with Crippen LogP contribution in [0.2, 0.25) is 0 Å². The molecular weight excluding hydrogens is 382 g/mol. The Labute approximate surface area is 154 Å². The lowest BCUT2D eigenvalue weighted by molar-refractivity contribution is 0.101. The van der Waals surface area contributed by atoms with Gasteiger partial charge in [-0.2, -0.15) is 0 Å². The third-order valence-corrected chi connectivity index (χ3v) is 4.35. The molecule has 1 heterocycles. The minimum atomic E-state index is -0.273. The monoisotopic (exact) mass is 397 g/mol. The molecule has 25 heavy (non-hydrogen) atoms. The molecule has 0 bridgehead atoms. The number of carbonyl (C=O) groups excluding carboxylic acids is 2. The van der Waals surface area contributed by atoms with Gasteiger partial charge < -0.3 is 9.73 Å². The van der Waals surface area contributed by atoms with Crippen LogP contribution in [-0.2, 0) is 0 Å². The zero-order valence-electron chi connectivity index (χ0n) is 13.8. The average molecular weight is 398 g/mol. The Morgan fingerprint density at radius 3 is 2.44 bits per heavy atom. The molecule has 1 aromatic heterocycles. The van der Waals surface area contributed by atoms with Crippen molar-refractivity contribution in [3.63, 3.8) is 0 Å². The molecule has 0 aliphatic heterocycles. The van der Waals surface area contributed by atoms with Gasteiger partial charge >= 0.3 is 0 Å². The number of halogens is 1. The number of furan rings is 1. The molecule has 1 amide bonds. The molecule has 0 saturated heterocycles. The molecule has 0 fully saturated rings. The molecule has 3 aromatic rings. The summed E-state index contributed by atoms with van der Waals surface area (Å²) in [6.45, 7) is 3.24. The summed E-state index contributed by atoms with van der Waals surface area (Å²) in [5, 5.41) is 2.81. The van der Waals surface area contributed by atoms with Crippen molar-refractivity contribution >= 4 is 33.3 Å². The molecule has 0 aliphatic rings. The van der Waals surface area contributed by atoms with Crippen molar-refractivity contribution < 1.29 is 14.0 Å². The van der Waals surface area contributed by atoms with E-state index in [2.05, 4.69) is 21.2 Å². The summed E-state index contributed by atoms with van der Waals surface area (Å²) < 4.78 is 6.71. The van der Waals surface area contributed by atoms with Gasteiger partial charge in [-0.15, -0.1) is 0 Å². The van der Waals surface area contributed by atoms with E-state index in [-0.39, 0.29) is 11.7 Å². The van der Waals surface area contributed by atoms with Gasteiger partial charge in [0.1, 0.15) is 11.5 Å². The molecule has 1 N–H and O–H groups in total. The van der Waals surface area contributed by atoms with Crippen molar-refractivity contribution in [2.24, 2.45) is 0 Å². The summed E-state index contributed by atoms with van der Waals surface area (Å²) in [4.78, 5) is 24.0. The van der Waals surface area contributed by atoms with Gasteiger partial charge in [0.15, 0.2) is 5.78 Å². The van der Waals surface area contributed by atoms with E-state index in [1.165, 1.54) is 6.92 Å². The predicted octanol–water partition coefficient (Wildman–Crippen LogP) is 5.47. The molecule has 0 radical (unpaired) electrons. The second-order valence-electron chi connectivity index (χ2n) is 5.68. The quantitative estimate of drug-likeness (QED) is 0.593. The van der Waals surface area contributed by atoms with E-state index in [1.807, 2.05) is 24.3 Å². The molecule has 5 heteroatoms. The Bertz CT molecular complexity index is 942. The Morgan fingerprint density at radius 1 is 1.04 bits per heavy atom. The maximum absolute atomic E-state index is 12.6. The highest BCUT2D eigenvalue weighted by Crippen LogP contribution is 2.27. The van der Waals surface area contributed by atoms with Crippen molar-refractivity contribution in [3.05, 3.63) is 76.0 Å². The largest absolute Gasteiger partial charge is 0.461 e. The number of hydrogen-bond donors (Lipinski definition) is 1. The van der Waals surface area contributed by atoms with Crippen LogP contribution in [0, 0.1) is 6.92 Å². The standard InChI is InChI=1S/C20H16BrNO3/c1-12(23)15-4-3-5-17(10-15)22-20(24)18-11-19(25-13(18)2)14-6-8-16(21)9-7-14/h3-11H,1-2H3,(H,22,24). The van der Waals surface area contributed by atoms with Crippen molar-refractivity contribution in [1.29, 1.82) is 0 Å². The number of rotatable bonds is 4. The van der Waals surface area contributed by atoms with Gasteiger partial charge in [-0.3, -0.25) is 9.59 Å². The van der Waals surface area contributed by atoms with E-state index in [0.717, 1.165) is 10.0 Å². The minimum Gasteiger partial charge on any atom is -0.461 e. The Kier molecular flexibility index (Phi) is 4.86. The van der Waals surface area contributed by atoms with E-state index in [1.54, 1.807) is 37.3 Å². The lowest BCUT2D eigenvalue weighted by Crippen LogP contribution is -2.12. The third kappa shape index (κ3) is 3.88. The molecule has 3 rings (SSSR count). The second-order valence-corrected chi connectivity index (χ2v) is 6.59. The number of Topliss-reactive ketones (excluding diaryl/α,β-unsaturated/α-hetero) is 1. The zero-order chi connectivity index (χ0) is 18.0. The summed E-state index contributed by atoms with van der Waals surface area (Å²) >= 11 is 3.40. The van der Waals surface area contributed by atoms with Crippen molar-refractivity contribution in [2.45, 2.75) is 13.8 Å². The van der Waals surface area contributed by atoms with Crippen LogP contribution in [0.5, 0.6) is 0 Å². The number of benzene rings is 2. The highest BCUT2D eigenvalue weighted by molar-refractivity contribution is 9.10. The smallest absolute Gasteiger partial charge is 0.259 e. The van der Waals surface area contributed by atoms with Crippen LogP contribution in [0.3, 0.4) is 0 Å². The van der Waals surface area contributed by atoms with E-state index < -0.39 is 0 Å². The zero-order valence-corrected chi connectivity index (χ0v) is 15.4. The Hall–Kier alpha value is -2.66. The number of amides is 1. The molecule has 0 spiro atoms. The van der Waals surface area contributed by atoms with Crippen molar-refractivity contribution in [3.8, 4) is 11.3 Å². The summed E-state index contributed by atoms with van der Waals surface area (Å²) in [7, 11) is 0. The lowest BCUT2D eigenvalue weighted by Gasteiger charge is -2.05. The van der Waals surface area contributed by atoms with Crippen LogP contribution in [0.15, 0.2) is 63.5 Å². The number of anilines is 1. The Balaban J connectivity index is 1.84. The molecular formula is C20H16BrNO3. The fourth-order valence-corrected chi connectivity index (χ4v) is 2.74. The molecule has 0 aliphatic carbocycles. The maximum atomic E-state index is 12.6. The van der Waals surface area contributed by atoms with Crippen LogP contribution in [0.4, 0.5) is 5.69 Å². The SMILES string of the molecule is CC(=O)c1cccc(NC(=O)c2cc(-c3ccc(Br)cc3)oc2C)c1. The van der Waals surface area contributed by atoms with Crippen LogP contribution >= 0.6 is 15.9 Å². The molecule has 0 unspecified atom stereocenters. The first-order valence-corrected chi connectivity index (χ1v) is 8.52. The maximum Gasteiger partial charge on any atom is 0.259 e. The number of hydrogen-bond acceptors (Lipinski definition) is 3. The van der Waals surface area contributed by atoms with Gasteiger partial charge in [0.05, 0.1) is 5.56 Å². The van der Waals surface area contributed by atoms with Gasteiger partial charge in [0.25, 0.3) is 5.91 Å². The van der Waals surface area contributed by atoms with Gasteiger partial charge in [0.2, 0.25) is 0 Å². The average Bonchev–Trinajstić information content (AvgIpc) is 2.97. The van der Waals surface area contributed by atoms with Crippen molar-refractivity contribution in [2.75, 3.05) is 5.32 Å². The molecule has 0 atom stereocenters. The van der Waals surface area contributed by atoms with E-state index >= 15 is 0 Å². The van der Waals surface area contributed by atoms with Gasteiger partial charge in [0, 0.05) is 21.3 Å². The number of carbonyl (C=O) groups is 2. The van der Waals surface area contributed by atoms with Crippen LogP contribution in [0.25, 0.3) is 11.3 Å². The van der Waals surface area contributed by atoms with Crippen molar-refractivity contribution in [1.82, 2.24) is 0 Å². The predicted molar refractivity (Wildman–Crippen MR) is 101 cm³/mol. The highest BCUT2D eigenvalue weighted by Gasteiger charge is 2.16. The topological polar surface area (TPSA) is 59.3 Å². The van der Waals surface area contributed by atoms with Gasteiger partial charge in [-0.1, -0.05) is 40.2 Å². The van der Waals surface area contributed by atoms with E-state index in [4.69, 9.17) is 4.42 Å². The summed E-state index contributed by atoms with van der Waals surface area (Å²) in [6.07, 6.45) is 0. The Morgan fingerprint density at radius 2 is 1.76 bits per heavy atom. The molecule has 2 aromatic carbocycles. The minimum absolute atomic E-state index is 0.0480. The fraction of sp³-hybridized carbons (Fsp3) is 0.100. The fourth-order valence-electron chi connectivity index (χ4n) is 2.48. The highest BCUT2D eigenvalue weighted by atomic mass is 79.9. The van der Waals surface area contributed by atoms with Gasteiger partial charge in [-0.05, 0) is 44.2 Å². The first-order valence-electron chi connectivity index (χ1n) is 7.73. The molecule has 0 saturated carbocycles. The third-order valence-electron chi connectivity index (χ3n) is 3.82. The number of nitrogens with one attached hydrogen (secondary N) is 1. The first kappa shape index (κ1) is 17.2. The molecule has 4 nitrogen and oxygen atoms in total. The van der Waals surface area contributed by atoms with Gasteiger partial charge in [-0.25, -0.2) is 0 Å². The summed E-state index contributed by atoms with van der Waals surface area (Å²) in [5.74, 6) is 0.851. The second kappa shape index (κ2) is 7.07. The van der Waals surface area contributed by atoms with E-state index in [0.29, 0.717) is 28.3 Å². The normalized spacial score (nSPS) is 10.5. The summed E-state index contributed by atoms with van der Waals surface area (Å²) in [6, 6.07) is 16.2.